The summed E-state index contributed by atoms with van der Waals surface area (Å²) < 4.78 is 2.85. The molecule has 6 rings (SSSR count). The number of rotatable bonds is 5. The molecule has 8 nitrogen and oxygen atoms in total. The Morgan fingerprint density at radius 3 is 2.81 bits per heavy atom. The number of thiazole rings is 1. The van der Waals surface area contributed by atoms with Crippen molar-refractivity contribution in [2.24, 2.45) is 0 Å². The molecule has 1 unspecified atom stereocenters. The van der Waals surface area contributed by atoms with E-state index in [1.54, 1.807) is 6.20 Å². The Bertz CT molecular complexity index is 1530. The van der Waals surface area contributed by atoms with Gasteiger partial charge < -0.3 is 15.1 Å². The van der Waals surface area contributed by atoms with Gasteiger partial charge in [-0.15, -0.1) is 11.3 Å². The van der Waals surface area contributed by atoms with E-state index in [1.165, 1.54) is 24.2 Å². The summed E-state index contributed by atoms with van der Waals surface area (Å²) in [6.45, 7) is 3.42. The van der Waals surface area contributed by atoms with Crippen molar-refractivity contribution in [1.29, 1.82) is 0 Å². The summed E-state index contributed by atoms with van der Waals surface area (Å²) in [7, 11) is 2.12. The minimum absolute atomic E-state index is 0.147. The second kappa shape index (κ2) is 9.61. The molecule has 188 valence electrons. The van der Waals surface area contributed by atoms with Crippen molar-refractivity contribution in [2.75, 3.05) is 38.1 Å². The van der Waals surface area contributed by atoms with Crippen molar-refractivity contribution in [3.05, 3.63) is 45.2 Å². The quantitative estimate of drug-likeness (QED) is 0.419. The summed E-state index contributed by atoms with van der Waals surface area (Å²) in [5, 5.41) is 3.95. The molecule has 5 heterocycles. The molecule has 2 fully saturated rings. The summed E-state index contributed by atoms with van der Waals surface area (Å²) in [6.07, 6.45) is 8.18. The van der Waals surface area contributed by atoms with Gasteiger partial charge in [0.25, 0.3) is 5.91 Å². The van der Waals surface area contributed by atoms with Crippen molar-refractivity contribution in [1.82, 2.24) is 24.6 Å². The fraction of sp³-hybridized carbons (Fsp3) is 0.462. The number of hydrogen-bond donors (Lipinski definition) is 1. The van der Waals surface area contributed by atoms with Crippen molar-refractivity contribution >= 4 is 60.9 Å². The van der Waals surface area contributed by atoms with Gasteiger partial charge in [-0.3, -0.25) is 14.0 Å². The minimum atomic E-state index is -0.349. The van der Waals surface area contributed by atoms with Crippen LogP contribution in [0.4, 0.5) is 5.95 Å². The Kier molecular flexibility index (Phi) is 6.31. The maximum atomic E-state index is 13.7. The highest BCUT2D eigenvalue weighted by atomic mass is 35.5. The van der Waals surface area contributed by atoms with Gasteiger partial charge >= 0.3 is 0 Å². The Morgan fingerprint density at radius 2 is 2.03 bits per heavy atom. The molecule has 10 heteroatoms. The second-order valence-corrected chi connectivity index (χ2v) is 11.3. The number of benzene rings is 1. The van der Waals surface area contributed by atoms with E-state index in [9.17, 15) is 9.59 Å². The highest BCUT2D eigenvalue weighted by molar-refractivity contribution is 7.24. The lowest BCUT2D eigenvalue weighted by molar-refractivity contribution is 0.0951. The highest BCUT2D eigenvalue weighted by Crippen LogP contribution is 2.33. The molecular weight excluding hydrogens is 496 g/mol. The average Bonchev–Trinajstić information content (AvgIpc) is 3.47. The van der Waals surface area contributed by atoms with E-state index in [1.807, 2.05) is 22.6 Å². The van der Waals surface area contributed by atoms with E-state index in [2.05, 4.69) is 27.1 Å². The lowest BCUT2D eigenvalue weighted by atomic mass is 10.1. The number of amides is 1. The number of pyridine rings is 1. The first-order valence-corrected chi connectivity index (χ1v) is 13.9. The van der Waals surface area contributed by atoms with Crippen LogP contribution in [0.15, 0.2) is 29.2 Å². The van der Waals surface area contributed by atoms with Crippen molar-refractivity contribution in [2.45, 2.75) is 44.6 Å². The van der Waals surface area contributed by atoms with Crippen molar-refractivity contribution < 1.29 is 4.79 Å². The summed E-state index contributed by atoms with van der Waals surface area (Å²) in [5.41, 5.74) is 1.16. The number of halogens is 1. The molecule has 2 aliphatic heterocycles. The third-order valence-electron chi connectivity index (χ3n) is 7.53. The fourth-order valence-electron chi connectivity index (χ4n) is 5.54. The molecule has 4 aromatic rings. The lowest BCUT2D eigenvalue weighted by Gasteiger charge is -2.26. The summed E-state index contributed by atoms with van der Waals surface area (Å²) in [6, 6.07) is 6.09. The minimum Gasteiger partial charge on any atom is -0.352 e. The molecule has 2 saturated heterocycles. The molecule has 0 spiro atoms. The van der Waals surface area contributed by atoms with Crippen molar-refractivity contribution in [3.8, 4) is 0 Å². The summed E-state index contributed by atoms with van der Waals surface area (Å²) in [4.78, 5) is 41.6. The second-order valence-electron chi connectivity index (χ2n) is 9.84. The molecular formula is C26H29ClN6O2S. The van der Waals surface area contributed by atoms with Gasteiger partial charge in [-0.25, -0.2) is 4.98 Å². The Morgan fingerprint density at radius 1 is 1.19 bits per heavy atom. The SMILES string of the molecule is CN1CCCC1CCNC(=O)c1c(=O)c2cnc(N3CCCCC3)nc2n2c1sc1ccc(Cl)cc12. The molecule has 0 radical (unpaired) electrons. The van der Waals surface area contributed by atoms with Gasteiger partial charge in [-0.05, 0) is 70.3 Å². The zero-order valence-corrected chi connectivity index (χ0v) is 21.9. The third kappa shape index (κ3) is 4.13. The van der Waals surface area contributed by atoms with Gasteiger partial charge in [0.1, 0.15) is 10.4 Å². The number of fused-ring (bicyclic) bond motifs is 5. The number of piperidine rings is 1. The van der Waals surface area contributed by atoms with E-state index < -0.39 is 0 Å². The lowest BCUT2D eigenvalue weighted by Crippen LogP contribution is -2.34. The molecule has 0 bridgehead atoms. The van der Waals surface area contributed by atoms with E-state index in [4.69, 9.17) is 16.6 Å². The smallest absolute Gasteiger partial charge is 0.258 e. The standard InChI is InChI=1S/C26H29ClN6O2S/c1-31-11-5-6-17(31)9-10-28-24(35)21-22(34)18-15-29-26(32-12-3-2-4-13-32)30-23(18)33-19-14-16(27)7-8-20(19)36-25(21)33/h7-8,14-15,17H,2-6,9-13H2,1H3,(H,28,35). The maximum Gasteiger partial charge on any atom is 0.258 e. The predicted octanol–water partition coefficient (Wildman–Crippen LogP) is 4.32. The number of nitrogens with zero attached hydrogens (tertiary/aromatic N) is 5. The molecule has 0 saturated carbocycles. The number of carbonyl (C=O) groups is 1. The van der Waals surface area contributed by atoms with Crippen LogP contribution in [-0.4, -0.2) is 64.4 Å². The summed E-state index contributed by atoms with van der Waals surface area (Å²) in [5.74, 6) is 0.271. The van der Waals surface area contributed by atoms with E-state index >= 15 is 0 Å². The van der Waals surface area contributed by atoms with Gasteiger partial charge in [0, 0.05) is 36.9 Å². The zero-order chi connectivity index (χ0) is 24.8. The first-order chi connectivity index (χ1) is 17.5. The summed E-state index contributed by atoms with van der Waals surface area (Å²) >= 11 is 7.78. The first kappa shape index (κ1) is 23.6. The molecule has 1 amide bonds. The van der Waals surface area contributed by atoms with Crippen LogP contribution >= 0.6 is 22.9 Å². The molecule has 1 atom stereocenters. The average molecular weight is 525 g/mol. The molecule has 2 aliphatic rings. The van der Waals surface area contributed by atoms with Crippen LogP contribution in [0.25, 0.3) is 26.1 Å². The molecule has 0 aliphatic carbocycles. The van der Waals surface area contributed by atoms with Gasteiger partial charge in [0.05, 0.1) is 15.6 Å². The Balaban J connectivity index is 1.47. The maximum absolute atomic E-state index is 13.7. The Labute approximate surface area is 217 Å². The third-order valence-corrected chi connectivity index (χ3v) is 8.91. The number of aromatic nitrogens is 3. The number of carbonyl (C=O) groups excluding carboxylic acids is 1. The number of likely N-dealkylation sites (tertiary alicyclic amines) is 1. The van der Waals surface area contributed by atoms with Crippen LogP contribution < -0.4 is 15.6 Å². The normalized spacial score (nSPS) is 19.1. The topological polar surface area (TPSA) is 82.8 Å². The number of anilines is 1. The van der Waals surface area contributed by atoms with Crippen LogP contribution in [0.5, 0.6) is 0 Å². The van der Waals surface area contributed by atoms with Crippen LogP contribution in [0.2, 0.25) is 5.02 Å². The van der Waals surface area contributed by atoms with Crippen LogP contribution in [0.1, 0.15) is 48.9 Å². The molecule has 1 N–H and O–H groups in total. The Hall–Kier alpha value is -2.75. The van der Waals surface area contributed by atoms with Gasteiger partial charge in [0.2, 0.25) is 11.4 Å². The van der Waals surface area contributed by atoms with Crippen LogP contribution in [0, 0.1) is 0 Å². The van der Waals surface area contributed by atoms with Crippen molar-refractivity contribution in [3.63, 3.8) is 0 Å². The fourth-order valence-corrected chi connectivity index (χ4v) is 6.87. The van der Waals surface area contributed by atoms with Crippen LogP contribution in [-0.2, 0) is 0 Å². The van der Waals surface area contributed by atoms with Gasteiger partial charge in [-0.2, -0.15) is 4.98 Å². The number of hydrogen-bond acceptors (Lipinski definition) is 7. The van der Waals surface area contributed by atoms with Gasteiger partial charge in [0.15, 0.2) is 5.65 Å². The van der Waals surface area contributed by atoms with E-state index in [0.717, 1.165) is 55.5 Å². The molecule has 1 aromatic carbocycles. The molecule has 36 heavy (non-hydrogen) atoms. The predicted molar refractivity (Wildman–Crippen MR) is 146 cm³/mol. The van der Waals surface area contributed by atoms with E-state index in [0.29, 0.717) is 39.4 Å². The zero-order valence-electron chi connectivity index (χ0n) is 20.3. The van der Waals surface area contributed by atoms with E-state index in [-0.39, 0.29) is 16.9 Å². The highest BCUT2D eigenvalue weighted by Gasteiger charge is 2.25. The first-order valence-electron chi connectivity index (χ1n) is 12.7. The monoisotopic (exact) mass is 524 g/mol. The number of nitrogens with one attached hydrogen (secondary N) is 1. The molecule has 3 aromatic heterocycles. The van der Waals surface area contributed by atoms with Gasteiger partial charge in [-0.1, -0.05) is 11.6 Å². The van der Waals surface area contributed by atoms with Crippen LogP contribution in [0.3, 0.4) is 0 Å². The largest absolute Gasteiger partial charge is 0.352 e.